The van der Waals surface area contributed by atoms with E-state index in [0.29, 0.717) is 17.0 Å². The van der Waals surface area contributed by atoms with Gasteiger partial charge in [0.15, 0.2) is 0 Å². The first kappa shape index (κ1) is 25.5. The van der Waals surface area contributed by atoms with Crippen LogP contribution in [0.1, 0.15) is 59.5 Å². The number of hydrogen-bond donors (Lipinski definition) is 2. The van der Waals surface area contributed by atoms with Crippen molar-refractivity contribution >= 4 is 56.1 Å². The number of anilines is 1. The van der Waals surface area contributed by atoms with E-state index in [9.17, 15) is 14.7 Å². The molecule has 8 heteroatoms. The van der Waals surface area contributed by atoms with Gasteiger partial charge >= 0.3 is 5.97 Å². The van der Waals surface area contributed by atoms with Gasteiger partial charge in [-0.3, -0.25) is 9.59 Å². The second kappa shape index (κ2) is 11.4. The van der Waals surface area contributed by atoms with Crippen LogP contribution in [0.5, 0.6) is 0 Å². The van der Waals surface area contributed by atoms with Crippen LogP contribution in [0.3, 0.4) is 0 Å². The molecular formula is C27H29BrClN3O3. The van der Waals surface area contributed by atoms with Crippen molar-refractivity contribution in [1.82, 2.24) is 10.3 Å². The lowest BCUT2D eigenvalue weighted by atomic mass is 9.93. The van der Waals surface area contributed by atoms with Crippen molar-refractivity contribution in [3.8, 4) is 0 Å². The predicted octanol–water partition coefficient (Wildman–Crippen LogP) is 6.33. The Morgan fingerprint density at radius 2 is 1.91 bits per heavy atom. The van der Waals surface area contributed by atoms with E-state index in [1.807, 2.05) is 43.3 Å². The number of piperidine rings is 1. The average molecular weight is 559 g/mol. The van der Waals surface area contributed by atoms with E-state index in [1.165, 1.54) is 6.42 Å². The molecule has 2 aromatic carbocycles. The van der Waals surface area contributed by atoms with Crippen LogP contribution in [0.25, 0.3) is 10.9 Å². The van der Waals surface area contributed by atoms with E-state index in [0.717, 1.165) is 58.3 Å². The van der Waals surface area contributed by atoms with Crippen LogP contribution >= 0.6 is 27.5 Å². The van der Waals surface area contributed by atoms with E-state index in [-0.39, 0.29) is 24.8 Å². The molecule has 1 aromatic heterocycles. The van der Waals surface area contributed by atoms with E-state index < -0.39 is 5.97 Å². The molecule has 0 unspecified atom stereocenters. The molecule has 6 nitrogen and oxygen atoms in total. The minimum atomic E-state index is -0.875. The molecule has 1 fully saturated rings. The number of nitrogens with zero attached hydrogens (tertiary/aromatic N) is 2. The number of pyridine rings is 1. The zero-order valence-electron chi connectivity index (χ0n) is 19.7. The van der Waals surface area contributed by atoms with Crippen molar-refractivity contribution in [3.05, 3.63) is 68.7 Å². The Bertz CT molecular complexity index is 1240. The van der Waals surface area contributed by atoms with Gasteiger partial charge in [0.05, 0.1) is 11.1 Å². The van der Waals surface area contributed by atoms with Crippen LogP contribution in [0.15, 0.2) is 46.9 Å². The topological polar surface area (TPSA) is 82.5 Å². The van der Waals surface area contributed by atoms with Crippen molar-refractivity contribution in [2.45, 2.75) is 44.9 Å². The van der Waals surface area contributed by atoms with Gasteiger partial charge in [0.2, 0.25) is 0 Å². The smallest absolute Gasteiger partial charge is 0.303 e. The van der Waals surface area contributed by atoms with Crippen molar-refractivity contribution in [1.29, 1.82) is 0 Å². The molecule has 35 heavy (non-hydrogen) atoms. The molecule has 1 atom stereocenters. The number of halogens is 2. The number of carboxylic acids is 1. The normalized spacial score (nSPS) is 14.7. The molecule has 0 saturated carbocycles. The highest BCUT2D eigenvalue weighted by molar-refractivity contribution is 9.10. The number of carbonyl (C=O) groups is 2. The number of aromatic nitrogens is 1. The number of rotatable bonds is 8. The number of hydrogen-bond acceptors (Lipinski definition) is 4. The molecule has 1 amide bonds. The van der Waals surface area contributed by atoms with E-state index in [4.69, 9.17) is 16.6 Å². The maximum absolute atomic E-state index is 13.7. The van der Waals surface area contributed by atoms with Gasteiger partial charge in [0.25, 0.3) is 5.91 Å². The fraction of sp³-hybridized carbons (Fsp3) is 0.370. The summed E-state index contributed by atoms with van der Waals surface area (Å²) in [5, 5.41) is 13.7. The second-order valence-electron chi connectivity index (χ2n) is 9.01. The van der Waals surface area contributed by atoms with Gasteiger partial charge < -0.3 is 15.3 Å². The summed E-state index contributed by atoms with van der Waals surface area (Å²) in [5.41, 5.74) is 3.07. The Hall–Kier alpha value is -2.64. The average Bonchev–Trinajstić information content (AvgIpc) is 2.84. The quantitative estimate of drug-likeness (QED) is 0.338. The number of amides is 1. The van der Waals surface area contributed by atoms with E-state index >= 15 is 0 Å². The van der Waals surface area contributed by atoms with Gasteiger partial charge in [-0.05, 0) is 62.4 Å². The minimum absolute atomic E-state index is 0.00493. The Labute approximate surface area is 218 Å². The van der Waals surface area contributed by atoms with Crippen LogP contribution in [0, 0.1) is 6.92 Å². The van der Waals surface area contributed by atoms with Crippen molar-refractivity contribution in [3.63, 3.8) is 0 Å². The Morgan fingerprint density at radius 1 is 1.17 bits per heavy atom. The lowest BCUT2D eigenvalue weighted by molar-refractivity contribution is -0.137. The van der Waals surface area contributed by atoms with Crippen molar-refractivity contribution < 1.29 is 14.7 Å². The fourth-order valence-electron chi connectivity index (χ4n) is 4.80. The molecule has 2 N–H and O–H groups in total. The zero-order valence-corrected chi connectivity index (χ0v) is 22.0. The van der Waals surface area contributed by atoms with Gasteiger partial charge in [0, 0.05) is 52.4 Å². The number of benzene rings is 2. The first-order valence-corrected chi connectivity index (χ1v) is 13.1. The number of fused-ring (bicyclic) bond motifs is 1. The molecule has 0 aliphatic carbocycles. The molecule has 184 valence electrons. The SMILES string of the molecule is Cc1c(N2CCCCC2)nc2ccc(Br)cc2c1C(=O)NC[C@@H](CCC(=O)O)c1ccccc1Cl. The summed E-state index contributed by atoms with van der Waals surface area (Å²) in [5.74, 6) is -0.428. The summed E-state index contributed by atoms with van der Waals surface area (Å²) < 4.78 is 0.876. The molecular weight excluding hydrogens is 530 g/mol. The predicted molar refractivity (Wildman–Crippen MR) is 144 cm³/mol. The Morgan fingerprint density at radius 3 is 2.63 bits per heavy atom. The highest BCUT2D eigenvalue weighted by Gasteiger charge is 2.24. The third-order valence-electron chi connectivity index (χ3n) is 6.61. The Balaban J connectivity index is 1.67. The molecule has 1 saturated heterocycles. The zero-order chi connectivity index (χ0) is 24.9. The van der Waals surface area contributed by atoms with Gasteiger partial charge in [-0.25, -0.2) is 4.98 Å². The van der Waals surface area contributed by atoms with Crippen LogP contribution in [-0.2, 0) is 4.79 Å². The monoisotopic (exact) mass is 557 g/mol. The molecule has 0 spiro atoms. The third kappa shape index (κ3) is 5.96. The largest absolute Gasteiger partial charge is 0.481 e. The molecule has 2 heterocycles. The van der Waals surface area contributed by atoms with Crippen molar-refractivity contribution in [2.24, 2.45) is 0 Å². The number of carbonyl (C=O) groups excluding carboxylic acids is 1. The molecule has 1 aliphatic heterocycles. The van der Waals surface area contributed by atoms with Gasteiger partial charge in [-0.1, -0.05) is 45.7 Å². The second-order valence-corrected chi connectivity index (χ2v) is 10.3. The van der Waals surface area contributed by atoms with Crippen LogP contribution in [-0.4, -0.2) is 41.6 Å². The number of aliphatic carboxylic acids is 1. The minimum Gasteiger partial charge on any atom is -0.481 e. The third-order valence-corrected chi connectivity index (χ3v) is 7.45. The summed E-state index contributed by atoms with van der Waals surface area (Å²) >= 11 is 9.95. The summed E-state index contributed by atoms with van der Waals surface area (Å²) in [6.07, 6.45) is 3.81. The first-order chi connectivity index (χ1) is 16.8. The first-order valence-electron chi connectivity index (χ1n) is 11.9. The summed E-state index contributed by atoms with van der Waals surface area (Å²) in [6, 6.07) is 13.2. The van der Waals surface area contributed by atoms with Crippen LogP contribution in [0.4, 0.5) is 5.82 Å². The lowest BCUT2D eigenvalue weighted by Gasteiger charge is -2.30. The maximum Gasteiger partial charge on any atom is 0.303 e. The van der Waals surface area contributed by atoms with Gasteiger partial charge in [0.1, 0.15) is 5.82 Å². The molecule has 1 aliphatic rings. The molecule has 3 aromatic rings. The van der Waals surface area contributed by atoms with Crippen LogP contribution < -0.4 is 10.2 Å². The summed E-state index contributed by atoms with van der Waals surface area (Å²) in [4.78, 5) is 32.1. The van der Waals surface area contributed by atoms with Crippen molar-refractivity contribution in [2.75, 3.05) is 24.5 Å². The van der Waals surface area contributed by atoms with E-state index in [2.05, 4.69) is 26.1 Å². The van der Waals surface area contributed by atoms with Crippen LogP contribution in [0.2, 0.25) is 5.02 Å². The van der Waals surface area contributed by atoms with E-state index in [1.54, 1.807) is 6.07 Å². The fourth-order valence-corrected chi connectivity index (χ4v) is 5.45. The van der Waals surface area contributed by atoms with Gasteiger partial charge in [-0.2, -0.15) is 0 Å². The number of carboxylic acid groups (broad SMARTS) is 1. The summed E-state index contributed by atoms with van der Waals surface area (Å²) in [6.45, 7) is 4.11. The molecule has 0 radical (unpaired) electrons. The maximum atomic E-state index is 13.7. The molecule has 4 rings (SSSR count). The highest BCUT2D eigenvalue weighted by Crippen LogP contribution is 2.32. The van der Waals surface area contributed by atoms with Gasteiger partial charge in [-0.15, -0.1) is 0 Å². The summed E-state index contributed by atoms with van der Waals surface area (Å²) in [7, 11) is 0. The number of nitrogens with one attached hydrogen (secondary N) is 1. The molecule has 0 bridgehead atoms. The highest BCUT2D eigenvalue weighted by atomic mass is 79.9. The Kier molecular flexibility index (Phi) is 8.29. The standard InChI is InChI=1S/C27H29BrClN3O3/c1-17-25(21-15-19(28)10-11-23(21)31-26(17)32-13-5-2-6-14-32)27(35)30-16-18(9-12-24(33)34)20-7-3-4-8-22(20)29/h3-4,7-8,10-11,15,18H,2,5-6,9,12-14,16H2,1H3,(H,30,35)(H,33,34)/t18-/m1/s1. The lowest BCUT2D eigenvalue weighted by Crippen LogP contribution is -2.33.